The molecule has 0 spiro atoms. The Hall–Kier alpha value is -3.32. The maximum atomic E-state index is 13.6. The number of rotatable bonds is 3. The van der Waals surface area contributed by atoms with E-state index in [9.17, 15) is 9.59 Å². The first-order valence-electron chi connectivity index (χ1n) is 10.6. The van der Waals surface area contributed by atoms with E-state index in [1.807, 2.05) is 60.0 Å². The maximum absolute atomic E-state index is 13.6. The first kappa shape index (κ1) is 20.6. The maximum Gasteiger partial charge on any atom is 0.332 e. The lowest BCUT2D eigenvalue weighted by Gasteiger charge is -2.33. The van der Waals surface area contributed by atoms with Gasteiger partial charge in [-0.3, -0.25) is 13.9 Å². The summed E-state index contributed by atoms with van der Waals surface area (Å²) in [5, 5.41) is 0.635. The molecular formula is C24H24ClN5O2. The third kappa shape index (κ3) is 3.33. The van der Waals surface area contributed by atoms with Gasteiger partial charge in [0.25, 0.3) is 5.56 Å². The van der Waals surface area contributed by atoms with Gasteiger partial charge < -0.3 is 9.47 Å². The fourth-order valence-electron chi connectivity index (χ4n) is 4.38. The highest BCUT2D eigenvalue weighted by atomic mass is 35.5. The van der Waals surface area contributed by atoms with Gasteiger partial charge in [0.05, 0.1) is 6.54 Å². The van der Waals surface area contributed by atoms with Crippen LogP contribution < -0.4 is 16.1 Å². The Bertz CT molecular complexity index is 1450. The molecule has 3 heterocycles. The Morgan fingerprint density at radius 2 is 1.84 bits per heavy atom. The number of anilines is 2. The first-order chi connectivity index (χ1) is 15.3. The van der Waals surface area contributed by atoms with Gasteiger partial charge >= 0.3 is 5.69 Å². The highest BCUT2D eigenvalue weighted by Gasteiger charge is 2.30. The van der Waals surface area contributed by atoms with Crippen molar-refractivity contribution in [3.63, 3.8) is 0 Å². The highest BCUT2D eigenvalue weighted by molar-refractivity contribution is 6.30. The van der Waals surface area contributed by atoms with E-state index in [-0.39, 0.29) is 23.7 Å². The van der Waals surface area contributed by atoms with E-state index in [0.717, 1.165) is 23.4 Å². The van der Waals surface area contributed by atoms with Crippen LogP contribution in [0.5, 0.6) is 0 Å². The van der Waals surface area contributed by atoms with Crippen molar-refractivity contribution in [1.82, 2.24) is 18.7 Å². The molecular weight excluding hydrogens is 426 g/mol. The van der Waals surface area contributed by atoms with Crippen LogP contribution in [0.4, 0.5) is 11.6 Å². The summed E-state index contributed by atoms with van der Waals surface area (Å²) in [4.78, 5) is 33.5. The van der Waals surface area contributed by atoms with Crippen molar-refractivity contribution in [3.05, 3.63) is 85.5 Å². The Morgan fingerprint density at radius 3 is 2.56 bits per heavy atom. The van der Waals surface area contributed by atoms with E-state index in [1.165, 1.54) is 9.13 Å². The number of hydrogen-bond donors (Lipinski definition) is 0. The lowest BCUT2D eigenvalue weighted by Crippen LogP contribution is -2.40. The standard InChI is InChI=1S/C24H24ClN5O2/c1-15-7-9-17(10-8-15)14-30-22(31)20-21(27(3)24(30)32)26-23-28(12-16(2)13-29(20)23)19-6-4-5-18(25)11-19/h4-11,16H,12-14H2,1-3H3/t16-/m1/s1. The molecule has 1 aliphatic heterocycles. The quantitative estimate of drug-likeness (QED) is 0.478. The summed E-state index contributed by atoms with van der Waals surface area (Å²) in [6.07, 6.45) is 0. The van der Waals surface area contributed by atoms with Crippen molar-refractivity contribution in [2.24, 2.45) is 13.0 Å². The molecule has 32 heavy (non-hydrogen) atoms. The predicted molar refractivity (Wildman–Crippen MR) is 127 cm³/mol. The Balaban J connectivity index is 1.72. The summed E-state index contributed by atoms with van der Waals surface area (Å²) in [6, 6.07) is 15.4. The molecule has 8 heteroatoms. The van der Waals surface area contributed by atoms with Crippen molar-refractivity contribution in [3.8, 4) is 0 Å². The SMILES string of the molecule is Cc1ccc(Cn2c(=O)c3c(nc4n3C[C@H](C)CN4c3cccc(Cl)c3)n(C)c2=O)cc1. The van der Waals surface area contributed by atoms with Crippen LogP contribution in [0.1, 0.15) is 18.1 Å². The van der Waals surface area contributed by atoms with Crippen LogP contribution in [0, 0.1) is 12.8 Å². The minimum absolute atomic E-state index is 0.218. The zero-order chi connectivity index (χ0) is 22.6. The monoisotopic (exact) mass is 449 g/mol. The molecule has 0 unspecified atom stereocenters. The molecule has 164 valence electrons. The molecule has 0 bridgehead atoms. The average Bonchev–Trinajstić information content (AvgIpc) is 3.15. The third-order valence-electron chi connectivity index (χ3n) is 6.02. The molecule has 0 fully saturated rings. The van der Waals surface area contributed by atoms with Crippen LogP contribution in [-0.4, -0.2) is 25.2 Å². The zero-order valence-corrected chi connectivity index (χ0v) is 19.0. The molecule has 4 aromatic rings. The van der Waals surface area contributed by atoms with Crippen LogP contribution in [-0.2, 0) is 20.1 Å². The number of aryl methyl sites for hydroxylation is 2. The summed E-state index contributed by atoms with van der Waals surface area (Å²) in [6.45, 7) is 5.76. The van der Waals surface area contributed by atoms with Gasteiger partial charge in [-0.25, -0.2) is 4.79 Å². The van der Waals surface area contributed by atoms with Gasteiger partial charge in [0.2, 0.25) is 5.95 Å². The van der Waals surface area contributed by atoms with Crippen LogP contribution in [0.3, 0.4) is 0 Å². The molecule has 2 aromatic heterocycles. The Kier molecular flexibility index (Phi) is 4.93. The summed E-state index contributed by atoms with van der Waals surface area (Å²) in [7, 11) is 1.67. The summed E-state index contributed by atoms with van der Waals surface area (Å²) >= 11 is 6.23. The third-order valence-corrected chi connectivity index (χ3v) is 6.26. The molecule has 7 nitrogen and oxygen atoms in total. The van der Waals surface area contributed by atoms with Gasteiger partial charge in [0.15, 0.2) is 11.2 Å². The molecule has 0 radical (unpaired) electrons. The second kappa shape index (κ2) is 7.67. The molecule has 0 aliphatic carbocycles. The predicted octanol–water partition coefficient (Wildman–Crippen LogP) is 3.69. The normalized spacial score (nSPS) is 15.9. The lowest BCUT2D eigenvalue weighted by atomic mass is 10.1. The molecule has 5 rings (SSSR count). The van der Waals surface area contributed by atoms with E-state index in [1.54, 1.807) is 7.05 Å². The van der Waals surface area contributed by atoms with Gasteiger partial charge in [-0.15, -0.1) is 0 Å². The van der Waals surface area contributed by atoms with Crippen LogP contribution in [0.25, 0.3) is 11.2 Å². The number of imidazole rings is 1. The van der Waals surface area contributed by atoms with Crippen LogP contribution >= 0.6 is 11.6 Å². The van der Waals surface area contributed by atoms with Gasteiger partial charge in [0, 0.05) is 30.8 Å². The number of nitrogens with zero attached hydrogens (tertiary/aromatic N) is 5. The van der Waals surface area contributed by atoms with Gasteiger partial charge in [0.1, 0.15) is 0 Å². The number of hydrogen-bond acceptors (Lipinski definition) is 4. The second-order valence-corrected chi connectivity index (χ2v) is 9.05. The molecule has 1 atom stereocenters. The fraction of sp³-hybridized carbons (Fsp3) is 0.292. The van der Waals surface area contributed by atoms with Crippen molar-refractivity contribution < 1.29 is 0 Å². The molecule has 0 amide bonds. The van der Waals surface area contributed by atoms with Crippen LogP contribution in [0.2, 0.25) is 5.02 Å². The Morgan fingerprint density at radius 1 is 1.09 bits per heavy atom. The molecule has 1 aliphatic rings. The van der Waals surface area contributed by atoms with E-state index >= 15 is 0 Å². The fourth-order valence-corrected chi connectivity index (χ4v) is 4.57. The molecule has 0 saturated carbocycles. The smallest absolute Gasteiger partial charge is 0.312 e. The molecule has 2 aromatic carbocycles. The van der Waals surface area contributed by atoms with E-state index in [0.29, 0.717) is 28.7 Å². The minimum Gasteiger partial charge on any atom is -0.312 e. The lowest BCUT2D eigenvalue weighted by molar-refractivity contribution is 0.458. The highest BCUT2D eigenvalue weighted by Crippen LogP contribution is 2.33. The number of benzene rings is 2. The zero-order valence-electron chi connectivity index (χ0n) is 18.2. The van der Waals surface area contributed by atoms with E-state index in [4.69, 9.17) is 16.6 Å². The van der Waals surface area contributed by atoms with Crippen LogP contribution in [0.15, 0.2) is 58.1 Å². The first-order valence-corrected chi connectivity index (χ1v) is 11.0. The minimum atomic E-state index is -0.374. The topological polar surface area (TPSA) is 65.1 Å². The van der Waals surface area contributed by atoms with Crippen molar-refractivity contribution in [2.75, 3.05) is 11.4 Å². The summed E-state index contributed by atoms with van der Waals surface area (Å²) in [5.74, 6) is 0.932. The summed E-state index contributed by atoms with van der Waals surface area (Å²) in [5.41, 5.74) is 3.10. The van der Waals surface area contributed by atoms with Crippen molar-refractivity contribution in [2.45, 2.75) is 26.9 Å². The number of aromatic nitrogens is 4. The average molecular weight is 450 g/mol. The Labute approximate surface area is 190 Å². The second-order valence-electron chi connectivity index (χ2n) is 8.61. The van der Waals surface area contributed by atoms with Crippen molar-refractivity contribution >= 4 is 34.4 Å². The van der Waals surface area contributed by atoms with Gasteiger partial charge in [-0.1, -0.05) is 54.4 Å². The van der Waals surface area contributed by atoms with Gasteiger partial charge in [-0.2, -0.15) is 4.98 Å². The van der Waals surface area contributed by atoms with E-state index in [2.05, 4.69) is 11.8 Å². The van der Waals surface area contributed by atoms with E-state index < -0.39 is 0 Å². The number of fused-ring (bicyclic) bond motifs is 3. The largest absolute Gasteiger partial charge is 0.332 e. The number of halogens is 1. The van der Waals surface area contributed by atoms with Crippen molar-refractivity contribution in [1.29, 1.82) is 0 Å². The summed E-state index contributed by atoms with van der Waals surface area (Å²) < 4.78 is 4.71. The molecule has 0 saturated heterocycles. The van der Waals surface area contributed by atoms with Gasteiger partial charge in [-0.05, 0) is 36.6 Å². The molecule has 0 N–H and O–H groups in total.